The molecule has 2 rings (SSSR count). The van der Waals surface area contributed by atoms with Crippen LogP contribution in [0.25, 0.3) is 0 Å². The molecule has 0 amide bonds. The smallest absolute Gasteiger partial charge is 0.207 e. The highest BCUT2D eigenvalue weighted by Crippen LogP contribution is 2.36. The van der Waals surface area contributed by atoms with Gasteiger partial charge in [-0.2, -0.15) is 4.31 Å². The van der Waals surface area contributed by atoms with Crippen LogP contribution in [0.15, 0.2) is 11.0 Å². The third-order valence-corrected chi connectivity index (χ3v) is 6.21. The fourth-order valence-electron chi connectivity index (χ4n) is 1.75. The molecule has 1 aliphatic heterocycles. The number of hydrogen-bond donors (Lipinski definition) is 0. The predicted molar refractivity (Wildman–Crippen MR) is 66.9 cm³/mol. The molecular formula is C9H11Cl2NO2S2. The van der Waals surface area contributed by atoms with Crippen molar-refractivity contribution in [2.45, 2.75) is 24.2 Å². The van der Waals surface area contributed by atoms with Crippen LogP contribution in [0.5, 0.6) is 0 Å². The van der Waals surface area contributed by atoms with E-state index in [2.05, 4.69) is 0 Å². The van der Waals surface area contributed by atoms with Crippen LogP contribution in [0, 0.1) is 0 Å². The summed E-state index contributed by atoms with van der Waals surface area (Å²) < 4.78 is 26.6. The summed E-state index contributed by atoms with van der Waals surface area (Å²) in [4.78, 5) is 0.145. The van der Waals surface area contributed by atoms with Gasteiger partial charge in [0.1, 0.15) is 9.23 Å². The van der Waals surface area contributed by atoms with Crippen molar-refractivity contribution >= 4 is 44.6 Å². The number of sulfonamides is 1. The monoisotopic (exact) mass is 299 g/mol. The first-order chi connectivity index (χ1) is 7.51. The summed E-state index contributed by atoms with van der Waals surface area (Å²) in [5, 5.41) is 0. The Morgan fingerprint density at radius 2 is 1.81 bits per heavy atom. The van der Waals surface area contributed by atoms with Crippen LogP contribution in [0.2, 0.25) is 8.67 Å². The van der Waals surface area contributed by atoms with Crippen molar-refractivity contribution in [1.82, 2.24) is 4.31 Å². The Hall–Kier alpha value is 0.190. The third kappa shape index (κ3) is 2.38. The minimum atomic E-state index is -3.44. The van der Waals surface area contributed by atoms with E-state index >= 15 is 0 Å². The molecule has 0 aromatic carbocycles. The SMILES string of the molecule is O=S(=O)(c1cc(Cl)sc1Cl)N1CCCCC1. The van der Waals surface area contributed by atoms with E-state index in [1.165, 1.54) is 10.4 Å². The summed E-state index contributed by atoms with van der Waals surface area (Å²) in [6.45, 7) is 1.15. The fraction of sp³-hybridized carbons (Fsp3) is 0.556. The number of piperidine rings is 1. The zero-order valence-corrected chi connectivity index (χ0v) is 11.6. The zero-order valence-electron chi connectivity index (χ0n) is 8.45. The summed E-state index contributed by atoms with van der Waals surface area (Å²) in [6, 6.07) is 1.43. The maximum absolute atomic E-state index is 12.2. The highest BCUT2D eigenvalue weighted by Gasteiger charge is 2.29. The molecule has 0 radical (unpaired) electrons. The fourth-order valence-corrected chi connectivity index (χ4v) is 5.38. The van der Waals surface area contributed by atoms with Crippen molar-refractivity contribution in [2.75, 3.05) is 13.1 Å². The molecule has 0 spiro atoms. The molecule has 7 heteroatoms. The number of rotatable bonds is 2. The summed E-state index contributed by atoms with van der Waals surface area (Å²) in [5.41, 5.74) is 0. The highest BCUT2D eigenvalue weighted by atomic mass is 35.5. The zero-order chi connectivity index (χ0) is 11.8. The molecule has 0 saturated carbocycles. The first-order valence-electron chi connectivity index (χ1n) is 4.97. The van der Waals surface area contributed by atoms with E-state index in [0.29, 0.717) is 17.4 Å². The molecule has 1 aliphatic rings. The second kappa shape index (κ2) is 4.82. The van der Waals surface area contributed by atoms with Crippen LogP contribution < -0.4 is 0 Å². The van der Waals surface area contributed by atoms with E-state index in [9.17, 15) is 8.42 Å². The first-order valence-corrected chi connectivity index (χ1v) is 7.98. The standard InChI is InChI=1S/C9H11Cl2NO2S2/c10-8-6-7(9(11)15-8)16(13,14)12-4-2-1-3-5-12/h6H,1-5H2. The minimum Gasteiger partial charge on any atom is -0.207 e. The van der Waals surface area contributed by atoms with Crippen LogP contribution >= 0.6 is 34.5 Å². The Morgan fingerprint density at radius 3 is 2.31 bits per heavy atom. The van der Waals surface area contributed by atoms with Crippen molar-refractivity contribution in [2.24, 2.45) is 0 Å². The van der Waals surface area contributed by atoms with Crippen molar-refractivity contribution in [3.63, 3.8) is 0 Å². The second-order valence-corrected chi connectivity index (χ2v) is 7.85. The van der Waals surface area contributed by atoms with Gasteiger partial charge in [0.15, 0.2) is 0 Å². The van der Waals surface area contributed by atoms with E-state index in [-0.39, 0.29) is 9.23 Å². The van der Waals surface area contributed by atoms with Crippen LogP contribution in [0.1, 0.15) is 19.3 Å². The molecule has 90 valence electrons. The van der Waals surface area contributed by atoms with Gasteiger partial charge in [0, 0.05) is 13.1 Å². The molecule has 0 atom stereocenters. The van der Waals surface area contributed by atoms with E-state index in [1.807, 2.05) is 0 Å². The van der Waals surface area contributed by atoms with Gasteiger partial charge in [0.05, 0.1) is 4.34 Å². The van der Waals surface area contributed by atoms with Crippen LogP contribution in [-0.2, 0) is 10.0 Å². The molecule has 1 fully saturated rings. The van der Waals surface area contributed by atoms with Gasteiger partial charge in [-0.1, -0.05) is 29.6 Å². The lowest BCUT2D eigenvalue weighted by atomic mass is 10.2. The van der Waals surface area contributed by atoms with Crippen LogP contribution in [0.3, 0.4) is 0 Å². The molecule has 1 aromatic rings. The summed E-state index contributed by atoms with van der Waals surface area (Å²) in [6.07, 6.45) is 2.91. The summed E-state index contributed by atoms with van der Waals surface area (Å²) in [7, 11) is -3.44. The van der Waals surface area contributed by atoms with Gasteiger partial charge < -0.3 is 0 Å². The molecule has 3 nitrogen and oxygen atoms in total. The molecule has 2 heterocycles. The number of nitrogens with zero attached hydrogens (tertiary/aromatic N) is 1. The van der Waals surface area contributed by atoms with E-state index < -0.39 is 10.0 Å². The van der Waals surface area contributed by atoms with E-state index in [4.69, 9.17) is 23.2 Å². The lowest BCUT2D eigenvalue weighted by Gasteiger charge is -2.25. The predicted octanol–water partition coefficient (Wildman–Crippen LogP) is 3.23. The number of halogens is 2. The molecule has 16 heavy (non-hydrogen) atoms. The second-order valence-electron chi connectivity index (χ2n) is 3.65. The van der Waals surface area contributed by atoms with Crippen LogP contribution in [0.4, 0.5) is 0 Å². The Labute approximate surface area is 109 Å². The lowest BCUT2D eigenvalue weighted by molar-refractivity contribution is 0.347. The van der Waals surface area contributed by atoms with Crippen molar-refractivity contribution in [3.05, 3.63) is 14.7 Å². The van der Waals surface area contributed by atoms with Gasteiger partial charge in [0.2, 0.25) is 10.0 Å². The Balaban J connectivity index is 2.34. The van der Waals surface area contributed by atoms with Gasteiger partial charge in [0.25, 0.3) is 0 Å². The lowest BCUT2D eigenvalue weighted by Crippen LogP contribution is -2.35. The van der Waals surface area contributed by atoms with Crippen molar-refractivity contribution in [1.29, 1.82) is 0 Å². The molecule has 1 aromatic heterocycles. The Kier molecular flexibility index (Phi) is 3.81. The highest BCUT2D eigenvalue weighted by molar-refractivity contribution is 7.89. The summed E-state index contributed by atoms with van der Waals surface area (Å²) in [5.74, 6) is 0. The Bertz CT molecular complexity index is 478. The van der Waals surface area contributed by atoms with Gasteiger partial charge >= 0.3 is 0 Å². The van der Waals surface area contributed by atoms with E-state index in [0.717, 1.165) is 30.6 Å². The minimum absolute atomic E-state index is 0.145. The molecular weight excluding hydrogens is 289 g/mol. The molecule has 0 aliphatic carbocycles. The maximum Gasteiger partial charge on any atom is 0.245 e. The average molecular weight is 300 g/mol. The topological polar surface area (TPSA) is 37.4 Å². The van der Waals surface area contributed by atoms with E-state index in [1.54, 1.807) is 0 Å². The van der Waals surface area contributed by atoms with Crippen molar-refractivity contribution in [3.8, 4) is 0 Å². The number of hydrogen-bond acceptors (Lipinski definition) is 3. The third-order valence-electron chi connectivity index (χ3n) is 2.56. The normalized spacial score (nSPS) is 18.9. The summed E-state index contributed by atoms with van der Waals surface area (Å²) >= 11 is 12.7. The van der Waals surface area contributed by atoms with Gasteiger partial charge in [-0.05, 0) is 18.9 Å². The molecule has 0 unspecified atom stereocenters. The molecule has 0 bridgehead atoms. The Morgan fingerprint density at radius 1 is 1.19 bits per heavy atom. The maximum atomic E-state index is 12.2. The largest absolute Gasteiger partial charge is 0.245 e. The molecule has 0 N–H and O–H groups in total. The van der Waals surface area contributed by atoms with Gasteiger partial charge in [-0.3, -0.25) is 0 Å². The quantitative estimate of drug-likeness (QED) is 0.841. The van der Waals surface area contributed by atoms with Crippen molar-refractivity contribution < 1.29 is 8.42 Å². The first kappa shape index (κ1) is 12.6. The van der Waals surface area contributed by atoms with Crippen LogP contribution in [-0.4, -0.2) is 25.8 Å². The average Bonchev–Trinajstić information content (AvgIpc) is 2.60. The van der Waals surface area contributed by atoms with Gasteiger partial charge in [-0.15, -0.1) is 11.3 Å². The number of thiophene rings is 1. The van der Waals surface area contributed by atoms with Gasteiger partial charge in [-0.25, -0.2) is 8.42 Å². The molecule has 1 saturated heterocycles.